The van der Waals surface area contributed by atoms with Crippen LogP contribution in [0.2, 0.25) is 0 Å². The minimum absolute atomic E-state index is 1.04. The predicted octanol–water partition coefficient (Wildman–Crippen LogP) is 4.31. The van der Waals surface area contributed by atoms with Crippen LogP contribution in [-0.4, -0.2) is 11.8 Å². The standard InChI is InChI=1S/C6H13P.C3H6.C2H6/c1-5-3-6(2)7-4-5;1-3-2;1-2/h5-7H,3-4H2,1-2H3;3H,1H2,2H3;1-2H3. The van der Waals surface area contributed by atoms with E-state index in [2.05, 4.69) is 20.4 Å². The Kier molecular flexibility index (Phi) is 13.7. The molecular formula is C11H25P. The molecule has 0 aromatic heterocycles. The fourth-order valence-corrected chi connectivity index (χ4v) is 2.71. The van der Waals surface area contributed by atoms with Gasteiger partial charge in [-0.15, -0.1) is 15.2 Å². The summed E-state index contributed by atoms with van der Waals surface area (Å²) < 4.78 is 0. The number of allylic oxidation sites excluding steroid dienone is 1. The molecule has 1 heterocycles. The van der Waals surface area contributed by atoms with Crippen molar-refractivity contribution in [2.24, 2.45) is 5.92 Å². The van der Waals surface area contributed by atoms with Gasteiger partial charge < -0.3 is 0 Å². The number of hydrogen-bond acceptors (Lipinski definition) is 0. The summed E-state index contributed by atoms with van der Waals surface area (Å²) in [5.74, 6) is 1.04. The minimum Gasteiger partial charge on any atom is -0.119 e. The van der Waals surface area contributed by atoms with E-state index in [1.165, 1.54) is 21.2 Å². The lowest BCUT2D eigenvalue weighted by atomic mass is 10.1. The van der Waals surface area contributed by atoms with Gasteiger partial charge in [-0.05, 0) is 31.1 Å². The molecule has 3 atom stereocenters. The molecule has 0 radical (unpaired) electrons. The maximum atomic E-state index is 3.36. The van der Waals surface area contributed by atoms with Gasteiger partial charge in [-0.25, -0.2) is 0 Å². The summed E-state index contributed by atoms with van der Waals surface area (Å²) in [4.78, 5) is 0. The lowest BCUT2D eigenvalue weighted by Crippen LogP contribution is -1.90. The van der Waals surface area contributed by atoms with Crippen LogP contribution in [0.5, 0.6) is 0 Å². The highest BCUT2D eigenvalue weighted by Gasteiger charge is 2.15. The highest BCUT2D eigenvalue weighted by molar-refractivity contribution is 7.39. The van der Waals surface area contributed by atoms with E-state index in [1.807, 2.05) is 20.8 Å². The first kappa shape index (κ1) is 14.7. The van der Waals surface area contributed by atoms with Crippen molar-refractivity contribution in [3.63, 3.8) is 0 Å². The normalized spacial score (nSPS) is 28.1. The Balaban J connectivity index is 0. The molecule has 12 heavy (non-hydrogen) atoms. The Labute approximate surface area is 80.6 Å². The van der Waals surface area contributed by atoms with Crippen LogP contribution in [0, 0.1) is 5.92 Å². The lowest BCUT2D eigenvalue weighted by molar-refractivity contribution is 0.626. The third kappa shape index (κ3) is 10.2. The summed E-state index contributed by atoms with van der Waals surface area (Å²) in [6.07, 6.45) is 4.74. The molecule has 1 saturated heterocycles. The third-order valence-electron chi connectivity index (χ3n) is 1.57. The van der Waals surface area contributed by atoms with Crippen LogP contribution in [0.4, 0.5) is 0 Å². The fraction of sp³-hybridized carbons (Fsp3) is 0.818. The summed E-state index contributed by atoms with van der Waals surface area (Å²) in [5, 5.41) is 0. The second kappa shape index (κ2) is 11.2. The quantitative estimate of drug-likeness (QED) is 0.392. The molecular weight excluding hydrogens is 163 g/mol. The Morgan fingerprint density at radius 1 is 1.33 bits per heavy atom. The van der Waals surface area contributed by atoms with Gasteiger partial charge in [-0.1, -0.05) is 33.8 Å². The fourth-order valence-electron chi connectivity index (χ4n) is 1.17. The third-order valence-corrected chi connectivity index (χ3v) is 3.44. The van der Waals surface area contributed by atoms with Crippen LogP contribution in [-0.2, 0) is 0 Å². The molecule has 0 amide bonds. The Bertz CT molecular complexity index is 81.0. The summed E-state index contributed by atoms with van der Waals surface area (Å²) in [6, 6.07) is 0. The summed E-state index contributed by atoms with van der Waals surface area (Å²) in [7, 11) is 1.26. The molecule has 3 unspecified atom stereocenters. The molecule has 1 heteroatoms. The van der Waals surface area contributed by atoms with E-state index in [0.717, 1.165) is 11.6 Å². The van der Waals surface area contributed by atoms with Gasteiger partial charge in [0.1, 0.15) is 0 Å². The SMILES string of the molecule is C=CC.CC.CC1CPC(C)C1. The molecule has 0 aromatic carbocycles. The Morgan fingerprint density at radius 2 is 1.75 bits per heavy atom. The first-order valence-corrected chi connectivity index (χ1v) is 6.29. The van der Waals surface area contributed by atoms with E-state index in [4.69, 9.17) is 0 Å². The lowest BCUT2D eigenvalue weighted by Gasteiger charge is -1.95. The van der Waals surface area contributed by atoms with Crippen molar-refractivity contribution in [2.45, 2.75) is 46.7 Å². The largest absolute Gasteiger partial charge is 0.119 e. The van der Waals surface area contributed by atoms with Crippen molar-refractivity contribution in [3.8, 4) is 0 Å². The molecule has 0 bridgehead atoms. The maximum Gasteiger partial charge on any atom is -0.0262 e. The van der Waals surface area contributed by atoms with Crippen molar-refractivity contribution in [1.82, 2.24) is 0 Å². The van der Waals surface area contributed by atoms with Gasteiger partial charge in [0.05, 0.1) is 0 Å². The minimum atomic E-state index is 1.04. The van der Waals surface area contributed by atoms with Gasteiger partial charge in [-0.3, -0.25) is 0 Å². The van der Waals surface area contributed by atoms with Gasteiger partial charge in [0, 0.05) is 0 Å². The first-order valence-electron chi connectivity index (χ1n) is 5.01. The van der Waals surface area contributed by atoms with Crippen LogP contribution in [0.15, 0.2) is 12.7 Å². The topological polar surface area (TPSA) is 0 Å². The zero-order valence-electron chi connectivity index (χ0n) is 9.35. The summed E-state index contributed by atoms with van der Waals surface area (Å²) in [5.41, 5.74) is 1.05. The van der Waals surface area contributed by atoms with E-state index < -0.39 is 0 Å². The van der Waals surface area contributed by atoms with Gasteiger partial charge in [0.2, 0.25) is 0 Å². The molecule has 1 aliphatic rings. The molecule has 1 rings (SSSR count). The second-order valence-corrected chi connectivity index (χ2v) is 4.86. The smallest absolute Gasteiger partial charge is 0.0262 e. The predicted molar refractivity (Wildman–Crippen MR) is 63.6 cm³/mol. The average Bonchev–Trinajstić information content (AvgIpc) is 2.40. The van der Waals surface area contributed by atoms with Crippen LogP contribution in [0.3, 0.4) is 0 Å². The zero-order valence-corrected chi connectivity index (χ0v) is 10.4. The van der Waals surface area contributed by atoms with Crippen LogP contribution in [0.25, 0.3) is 0 Å². The van der Waals surface area contributed by atoms with Crippen molar-refractivity contribution in [3.05, 3.63) is 12.7 Å². The van der Waals surface area contributed by atoms with Crippen LogP contribution < -0.4 is 0 Å². The molecule has 0 nitrogen and oxygen atoms in total. The molecule has 1 aliphatic heterocycles. The molecule has 0 aromatic rings. The Morgan fingerprint density at radius 3 is 1.83 bits per heavy atom. The monoisotopic (exact) mass is 188 g/mol. The van der Waals surface area contributed by atoms with Gasteiger partial charge in [0.25, 0.3) is 0 Å². The van der Waals surface area contributed by atoms with E-state index in [-0.39, 0.29) is 0 Å². The first-order chi connectivity index (χ1) is 5.70. The van der Waals surface area contributed by atoms with Crippen molar-refractivity contribution < 1.29 is 0 Å². The van der Waals surface area contributed by atoms with Crippen molar-refractivity contribution in [2.75, 3.05) is 6.16 Å². The van der Waals surface area contributed by atoms with Crippen molar-refractivity contribution >= 4 is 8.58 Å². The maximum absolute atomic E-state index is 3.36. The average molecular weight is 188 g/mol. The Hall–Kier alpha value is 0.170. The molecule has 0 aliphatic carbocycles. The van der Waals surface area contributed by atoms with Crippen LogP contribution >= 0.6 is 8.58 Å². The molecule has 0 N–H and O–H groups in total. The number of hydrogen-bond donors (Lipinski definition) is 0. The van der Waals surface area contributed by atoms with Gasteiger partial charge in [0.15, 0.2) is 0 Å². The van der Waals surface area contributed by atoms with Crippen LogP contribution in [0.1, 0.15) is 41.0 Å². The summed E-state index contributed by atoms with van der Waals surface area (Å²) >= 11 is 0. The number of rotatable bonds is 0. The van der Waals surface area contributed by atoms with E-state index in [9.17, 15) is 0 Å². The molecule has 0 spiro atoms. The van der Waals surface area contributed by atoms with Crippen molar-refractivity contribution in [1.29, 1.82) is 0 Å². The highest BCUT2D eigenvalue weighted by Crippen LogP contribution is 2.35. The summed E-state index contributed by atoms with van der Waals surface area (Å²) in [6.45, 7) is 14.0. The molecule has 0 saturated carbocycles. The van der Waals surface area contributed by atoms with Gasteiger partial charge in [-0.2, -0.15) is 0 Å². The molecule has 1 fully saturated rings. The van der Waals surface area contributed by atoms with Gasteiger partial charge >= 0.3 is 0 Å². The zero-order chi connectivity index (χ0) is 9.98. The second-order valence-electron chi connectivity index (χ2n) is 3.06. The molecule has 74 valence electrons. The highest BCUT2D eigenvalue weighted by atomic mass is 31.1. The van der Waals surface area contributed by atoms with E-state index in [0.29, 0.717) is 0 Å². The van der Waals surface area contributed by atoms with E-state index in [1.54, 1.807) is 6.08 Å². The van der Waals surface area contributed by atoms with E-state index >= 15 is 0 Å².